The number of carbonyl (C=O) groups excluding carboxylic acids is 2. The topological polar surface area (TPSA) is 93.0 Å². The Balaban J connectivity index is 1.62. The van der Waals surface area contributed by atoms with Gasteiger partial charge in [0.2, 0.25) is 11.7 Å². The second-order valence-corrected chi connectivity index (χ2v) is 6.42. The van der Waals surface area contributed by atoms with Gasteiger partial charge in [-0.05, 0) is 41.6 Å². The lowest BCUT2D eigenvalue weighted by molar-refractivity contribution is -0.117. The summed E-state index contributed by atoms with van der Waals surface area (Å²) in [6.45, 7) is -0.0913. The van der Waals surface area contributed by atoms with Crippen LogP contribution in [0.4, 0.5) is 5.69 Å². The summed E-state index contributed by atoms with van der Waals surface area (Å²) < 4.78 is 0. The van der Waals surface area contributed by atoms with E-state index >= 15 is 0 Å². The maximum Gasteiger partial charge on any atom is 0.253 e. The molecule has 1 N–H and O–H groups in total. The number of benzene rings is 2. The highest BCUT2D eigenvalue weighted by Gasteiger charge is 2.11. The quantitative estimate of drug-likeness (QED) is 0.728. The Morgan fingerprint density at radius 2 is 1.89 bits per heavy atom. The van der Waals surface area contributed by atoms with Crippen LogP contribution in [0.25, 0.3) is 11.4 Å². The van der Waals surface area contributed by atoms with Crippen molar-refractivity contribution < 1.29 is 9.59 Å². The maximum atomic E-state index is 12.2. The zero-order valence-electron chi connectivity index (χ0n) is 14.8. The maximum absolute atomic E-state index is 12.2. The number of hydrogen-bond acceptors (Lipinski definition) is 5. The van der Waals surface area contributed by atoms with Crippen LogP contribution in [-0.4, -0.2) is 51.0 Å². The number of amides is 2. The molecule has 0 aliphatic heterocycles. The predicted octanol–water partition coefficient (Wildman–Crippen LogP) is 2.33. The number of nitrogens with one attached hydrogen (secondary N) is 1. The molecule has 2 amide bonds. The summed E-state index contributed by atoms with van der Waals surface area (Å²) >= 11 is 5.95. The van der Waals surface area contributed by atoms with Crippen molar-refractivity contribution in [1.82, 2.24) is 25.1 Å². The highest BCUT2D eigenvalue weighted by Crippen LogP contribution is 2.18. The molecule has 0 unspecified atom stereocenters. The van der Waals surface area contributed by atoms with Gasteiger partial charge in [-0.15, -0.1) is 10.2 Å². The van der Waals surface area contributed by atoms with Crippen LogP contribution >= 0.6 is 11.6 Å². The van der Waals surface area contributed by atoms with E-state index < -0.39 is 0 Å². The van der Waals surface area contributed by atoms with Gasteiger partial charge in [-0.25, -0.2) is 0 Å². The van der Waals surface area contributed by atoms with E-state index in [1.807, 2.05) is 6.07 Å². The smallest absolute Gasteiger partial charge is 0.253 e. The molecule has 9 heteroatoms. The zero-order valence-corrected chi connectivity index (χ0v) is 15.5. The fourth-order valence-corrected chi connectivity index (χ4v) is 2.53. The highest BCUT2D eigenvalue weighted by atomic mass is 35.5. The fraction of sp³-hybridized carbons (Fsp3) is 0.167. The third-order valence-corrected chi connectivity index (χ3v) is 3.88. The third-order valence-electron chi connectivity index (χ3n) is 3.64. The van der Waals surface area contributed by atoms with E-state index in [-0.39, 0.29) is 18.4 Å². The van der Waals surface area contributed by atoms with Crippen LogP contribution in [0.5, 0.6) is 0 Å². The van der Waals surface area contributed by atoms with Gasteiger partial charge in [0.15, 0.2) is 0 Å². The van der Waals surface area contributed by atoms with Crippen molar-refractivity contribution in [2.24, 2.45) is 0 Å². The van der Waals surface area contributed by atoms with Crippen LogP contribution in [0.2, 0.25) is 5.02 Å². The number of tetrazole rings is 1. The SMILES string of the molecule is CN(C)C(=O)c1ccc(NC(=O)Cn2nnc(-c3cccc(Cl)c3)n2)cc1. The number of hydrogen-bond donors (Lipinski definition) is 1. The number of aromatic nitrogens is 4. The Bertz CT molecular complexity index is 968. The normalized spacial score (nSPS) is 10.5. The number of nitrogens with zero attached hydrogens (tertiary/aromatic N) is 5. The molecule has 0 aliphatic rings. The highest BCUT2D eigenvalue weighted by molar-refractivity contribution is 6.30. The molecule has 3 aromatic rings. The molecule has 3 rings (SSSR count). The van der Waals surface area contributed by atoms with Gasteiger partial charge >= 0.3 is 0 Å². The molecule has 0 aliphatic carbocycles. The Morgan fingerprint density at radius 3 is 2.56 bits per heavy atom. The molecular weight excluding hydrogens is 368 g/mol. The summed E-state index contributed by atoms with van der Waals surface area (Å²) in [5.74, 6) is -0.0261. The van der Waals surface area contributed by atoms with Gasteiger partial charge in [-0.1, -0.05) is 23.7 Å². The minimum atomic E-state index is -0.309. The molecule has 0 radical (unpaired) electrons. The van der Waals surface area contributed by atoms with E-state index in [9.17, 15) is 9.59 Å². The molecule has 0 spiro atoms. The second-order valence-electron chi connectivity index (χ2n) is 5.98. The van der Waals surface area contributed by atoms with E-state index in [1.165, 1.54) is 9.70 Å². The summed E-state index contributed by atoms with van der Waals surface area (Å²) in [6.07, 6.45) is 0. The van der Waals surface area contributed by atoms with Crippen molar-refractivity contribution in [3.63, 3.8) is 0 Å². The van der Waals surface area contributed by atoms with Crippen molar-refractivity contribution >= 4 is 29.1 Å². The van der Waals surface area contributed by atoms with Crippen molar-refractivity contribution in [3.8, 4) is 11.4 Å². The Hall–Kier alpha value is -3.26. The van der Waals surface area contributed by atoms with Crippen LogP contribution in [0.15, 0.2) is 48.5 Å². The molecular formula is C18H17ClN6O2. The first-order chi connectivity index (χ1) is 12.9. The number of halogens is 1. The van der Waals surface area contributed by atoms with Gasteiger partial charge < -0.3 is 10.2 Å². The molecule has 1 heterocycles. The van der Waals surface area contributed by atoms with Gasteiger partial charge in [0.25, 0.3) is 5.91 Å². The first kappa shape index (κ1) is 18.5. The lowest BCUT2D eigenvalue weighted by Gasteiger charge is -2.10. The number of rotatable bonds is 5. The van der Waals surface area contributed by atoms with E-state index in [0.717, 1.165) is 5.56 Å². The van der Waals surface area contributed by atoms with Gasteiger partial charge in [-0.3, -0.25) is 9.59 Å². The van der Waals surface area contributed by atoms with Crippen LogP contribution in [0.1, 0.15) is 10.4 Å². The van der Waals surface area contributed by atoms with Gasteiger partial charge in [0, 0.05) is 35.9 Å². The predicted molar refractivity (Wildman–Crippen MR) is 101 cm³/mol. The van der Waals surface area contributed by atoms with Crippen LogP contribution in [0, 0.1) is 0 Å². The summed E-state index contributed by atoms with van der Waals surface area (Å²) in [7, 11) is 3.36. The molecule has 0 atom stereocenters. The lowest BCUT2D eigenvalue weighted by atomic mass is 10.2. The molecule has 27 heavy (non-hydrogen) atoms. The third kappa shape index (κ3) is 4.68. The molecule has 2 aromatic carbocycles. The second kappa shape index (κ2) is 7.96. The minimum Gasteiger partial charge on any atom is -0.345 e. The van der Waals surface area contributed by atoms with Crippen LogP contribution in [-0.2, 0) is 11.3 Å². The molecule has 138 valence electrons. The number of carbonyl (C=O) groups is 2. The summed E-state index contributed by atoms with van der Waals surface area (Å²) in [5.41, 5.74) is 1.84. The Morgan fingerprint density at radius 1 is 1.15 bits per heavy atom. The van der Waals surface area contributed by atoms with Gasteiger partial charge in [-0.2, -0.15) is 4.80 Å². The first-order valence-corrected chi connectivity index (χ1v) is 8.45. The molecule has 0 saturated heterocycles. The molecule has 0 saturated carbocycles. The number of anilines is 1. The molecule has 1 aromatic heterocycles. The van der Waals surface area contributed by atoms with E-state index in [0.29, 0.717) is 22.1 Å². The molecule has 8 nitrogen and oxygen atoms in total. The minimum absolute atomic E-state index is 0.0913. The molecule has 0 fully saturated rings. The average Bonchev–Trinajstić information content (AvgIpc) is 3.10. The van der Waals surface area contributed by atoms with Crippen molar-refractivity contribution in [2.75, 3.05) is 19.4 Å². The first-order valence-electron chi connectivity index (χ1n) is 8.07. The molecule has 0 bridgehead atoms. The summed E-state index contributed by atoms with van der Waals surface area (Å²) in [4.78, 5) is 26.7. The lowest BCUT2D eigenvalue weighted by Crippen LogP contribution is -2.22. The fourth-order valence-electron chi connectivity index (χ4n) is 2.34. The van der Waals surface area contributed by atoms with Crippen LogP contribution < -0.4 is 5.32 Å². The monoisotopic (exact) mass is 384 g/mol. The van der Waals surface area contributed by atoms with E-state index in [4.69, 9.17) is 11.6 Å². The average molecular weight is 385 g/mol. The van der Waals surface area contributed by atoms with E-state index in [2.05, 4.69) is 20.7 Å². The van der Waals surface area contributed by atoms with Crippen molar-refractivity contribution in [2.45, 2.75) is 6.54 Å². The Labute approximate surface area is 160 Å². The van der Waals surface area contributed by atoms with Crippen molar-refractivity contribution in [3.05, 3.63) is 59.1 Å². The summed E-state index contributed by atoms with van der Waals surface area (Å²) in [5, 5.41) is 15.3. The summed E-state index contributed by atoms with van der Waals surface area (Å²) in [6, 6.07) is 13.7. The standard InChI is InChI=1S/C18H17ClN6O2/c1-24(2)18(27)12-6-8-15(9-7-12)20-16(26)11-25-22-17(21-23-25)13-4-3-5-14(19)10-13/h3-10H,11H2,1-2H3,(H,20,26). The van der Waals surface area contributed by atoms with Gasteiger partial charge in [0.05, 0.1) is 0 Å². The zero-order chi connectivity index (χ0) is 19.4. The van der Waals surface area contributed by atoms with Gasteiger partial charge in [0.1, 0.15) is 6.54 Å². The largest absolute Gasteiger partial charge is 0.345 e. The van der Waals surface area contributed by atoms with Crippen molar-refractivity contribution in [1.29, 1.82) is 0 Å². The Kier molecular flexibility index (Phi) is 5.46. The van der Waals surface area contributed by atoms with E-state index in [1.54, 1.807) is 56.6 Å². The van der Waals surface area contributed by atoms with Crippen LogP contribution in [0.3, 0.4) is 0 Å².